The first-order valence-electron chi connectivity index (χ1n) is 4.23. The summed E-state index contributed by atoms with van der Waals surface area (Å²) in [6.07, 6.45) is 0.657. The molecule has 0 aliphatic carbocycles. The molecule has 15 heavy (non-hydrogen) atoms. The minimum atomic E-state index is -1.01. The molecule has 0 aliphatic rings. The monoisotopic (exact) mass is 286 g/mol. The van der Waals surface area contributed by atoms with Crippen molar-refractivity contribution in [2.75, 3.05) is 5.33 Å². The van der Waals surface area contributed by atoms with Crippen LogP contribution >= 0.6 is 27.5 Å². The molecule has 0 aliphatic heterocycles. The summed E-state index contributed by atoms with van der Waals surface area (Å²) in [6, 6.07) is 4.72. The van der Waals surface area contributed by atoms with E-state index in [1.54, 1.807) is 12.1 Å². The largest absolute Gasteiger partial charge is 0.478 e. The molecule has 2 nitrogen and oxygen atoms in total. The summed E-state index contributed by atoms with van der Waals surface area (Å²) in [6.45, 7) is 0. The van der Waals surface area contributed by atoms with E-state index in [0.717, 1.165) is 5.33 Å². The predicted octanol–water partition coefficient (Wildman–Crippen LogP) is 3.17. The van der Waals surface area contributed by atoms with E-state index in [1.165, 1.54) is 6.07 Å². The summed E-state index contributed by atoms with van der Waals surface area (Å²) in [5.74, 6) is 4.60. The van der Waals surface area contributed by atoms with Gasteiger partial charge in [-0.25, -0.2) is 4.79 Å². The molecule has 0 bridgehead atoms. The maximum Gasteiger partial charge on any atom is 0.337 e. The summed E-state index contributed by atoms with van der Waals surface area (Å²) in [4.78, 5) is 10.9. The number of hydrogen-bond acceptors (Lipinski definition) is 1. The molecule has 78 valence electrons. The van der Waals surface area contributed by atoms with Gasteiger partial charge in [-0.1, -0.05) is 45.4 Å². The van der Waals surface area contributed by atoms with E-state index in [4.69, 9.17) is 16.7 Å². The second-order valence-electron chi connectivity index (χ2n) is 2.71. The molecular weight excluding hydrogens is 279 g/mol. The average Bonchev–Trinajstić information content (AvgIpc) is 2.20. The van der Waals surface area contributed by atoms with Crippen molar-refractivity contribution in [2.24, 2.45) is 0 Å². The summed E-state index contributed by atoms with van der Waals surface area (Å²) >= 11 is 9.11. The Labute approximate surface area is 101 Å². The highest BCUT2D eigenvalue weighted by molar-refractivity contribution is 9.09. The summed E-state index contributed by atoms with van der Waals surface area (Å²) in [5.41, 5.74) is 0.525. The maximum atomic E-state index is 10.9. The molecule has 1 rings (SSSR count). The predicted molar refractivity (Wildman–Crippen MR) is 63.7 cm³/mol. The van der Waals surface area contributed by atoms with Crippen LogP contribution in [0.5, 0.6) is 0 Å². The minimum Gasteiger partial charge on any atom is -0.478 e. The molecule has 0 fully saturated rings. The standard InChI is InChI=1S/C11H8BrClO2/c12-7-2-1-4-8-9(11(14)15)5-3-6-10(8)13/h3,5-6H,2,7H2,(H,14,15). The molecule has 4 heteroatoms. The first kappa shape index (κ1) is 12.1. The fraction of sp³-hybridized carbons (Fsp3) is 0.182. The van der Waals surface area contributed by atoms with Gasteiger partial charge in [0.25, 0.3) is 0 Å². The summed E-state index contributed by atoms with van der Waals surface area (Å²) in [5, 5.41) is 10.0. The van der Waals surface area contributed by atoms with E-state index in [9.17, 15) is 4.79 Å². The third-order valence-electron chi connectivity index (χ3n) is 1.68. The van der Waals surface area contributed by atoms with Crippen molar-refractivity contribution in [3.05, 3.63) is 34.3 Å². The number of hydrogen-bond donors (Lipinski definition) is 1. The van der Waals surface area contributed by atoms with Crippen molar-refractivity contribution in [3.8, 4) is 11.8 Å². The minimum absolute atomic E-state index is 0.143. The second-order valence-corrected chi connectivity index (χ2v) is 3.91. The SMILES string of the molecule is O=C(O)c1cccc(Cl)c1C#CCCBr. The number of rotatable bonds is 2. The lowest BCUT2D eigenvalue weighted by molar-refractivity contribution is 0.0696. The molecule has 0 radical (unpaired) electrons. The van der Waals surface area contributed by atoms with E-state index < -0.39 is 5.97 Å². The Hall–Kier alpha value is -0.980. The van der Waals surface area contributed by atoms with Gasteiger partial charge in [0, 0.05) is 11.8 Å². The molecule has 1 aromatic rings. The van der Waals surface area contributed by atoms with Crippen LogP contribution in [-0.2, 0) is 0 Å². The molecule has 1 N–H and O–H groups in total. The first-order chi connectivity index (χ1) is 7.16. The fourth-order valence-electron chi connectivity index (χ4n) is 1.03. The van der Waals surface area contributed by atoms with E-state index in [1.807, 2.05) is 0 Å². The number of halogens is 2. The number of carboxylic acid groups (broad SMARTS) is 1. The van der Waals surface area contributed by atoms with Crippen molar-refractivity contribution in [1.29, 1.82) is 0 Å². The Balaban J connectivity index is 3.15. The number of alkyl halides is 1. The van der Waals surface area contributed by atoms with Crippen molar-refractivity contribution < 1.29 is 9.90 Å². The van der Waals surface area contributed by atoms with Gasteiger partial charge in [0.2, 0.25) is 0 Å². The van der Waals surface area contributed by atoms with Crippen molar-refractivity contribution in [2.45, 2.75) is 6.42 Å². The van der Waals surface area contributed by atoms with Gasteiger partial charge in [0.05, 0.1) is 16.1 Å². The van der Waals surface area contributed by atoms with Crippen LogP contribution in [0.2, 0.25) is 5.02 Å². The third kappa shape index (κ3) is 3.26. The van der Waals surface area contributed by atoms with Gasteiger partial charge in [-0.3, -0.25) is 0 Å². The fourth-order valence-corrected chi connectivity index (χ4v) is 1.45. The molecule has 0 aromatic heterocycles. The van der Waals surface area contributed by atoms with Crippen LogP contribution in [0.25, 0.3) is 0 Å². The summed E-state index contributed by atoms with van der Waals surface area (Å²) < 4.78 is 0. The highest BCUT2D eigenvalue weighted by Gasteiger charge is 2.10. The maximum absolute atomic E-state index is 10.9. The molecule has 0 saturated heterocycles. The highest BCUT2D eigenvalue weighted by Crippen LogP contribution is 2.18. The Morgan fingerprint density at radius 2 is 2.27 bits per heavy atom. The zero-order valence-corrected chi connectivity index (χ0v) is 10.1. The van der Waals surface area contributed by atoms with E-state index in [0.29, 0.717) is 17.0 Å². The van der Waals surface area contributed by atoms with E-state index in [2.05, 4.69) is 27.8 Å². The lowest BCUT2D eigenvalue weighted by Crippen LogP contribution is -2.00. The lowest BCUT2D eigenvalue weighted by Gasteiger charge is -2.00. The van der Waals surface area contributed by atoms with Crippen molar-refractivity contribution in [1.82, 2.24) is 0 Å². The molecular formula is C11H8BrClO2. The lowest BCUT2D eigenvalue weighted by atomic mass is 10.1. The van der Waals surface area contributed by atoms with Crippen molar-refractivity contribution >= 4 is 33.5 Å². The Bertz CT molecular complexity index is 432. The van der Waals surface area contributed by atoms with E-state index >= 15 is 0 Å². The van der Waals surface area contributed by atoms with E-state index in [-0.39, 0.29) is 5.56 Å². The second kappa shape index (κ2) is 5.79. The quantitative estimate of drug-likeness (QED) is 0.670. The van der Waals surface area contributed by atoms with Crippen LogP contribution in [0.3, 0.4) is 0 Å². The average molecular weight is 288 g/mol. The van der Waals surface area contributed by atoms with Crippen LogP contribution in [0, 0.1) is 11.8 Å². The Morgan fingerprint density at radius 3 is 2.87 bits per heavy atom. The smallest absolute Gasteiger partial charge is 0.337 e. The molecule has 0 saturated carbocycles. The van der Waals surface area contributed by atoms with Gasteiger partial charge >= 0.3 is 5.97 Å². The van der Waals surface area contributed by atoms with Gasteiger partial charge in [-0.05, 0) is 12.1 Å². The zero-order chi connectivity index (χ0) is 11.3. The van der Waals surface area contributed by atoms with Crippen LogP contribution in [0.4, 0.5) is 0 Å². The Morgan fingerprint density at radius 1 is 1.53 bits per heavy atom. The topological polar surface area (TPSA) is 37.3 Å². The molecule has 0 unspecified atom stereocenters. The van der Waals surface area contributed by atoms with Crippen molar-refractivity contribution in [3.63, 3.8) is 0 Å². The number of benzene rings is 1. The van der Waals surface area contributed by atoms with Gasteiger partial charge < -0.3 is 5.11 Å². The van der Waals surface area contributed by atoms with Gasteiger partial charge in [-0.2, -0.15) is 0 Å². The first-order valence-corrected chi connectivity index (χ1v) is 5.73. The van der Waals surface area contributed by atoms with Crippen LogP contribution in [-0.4, -0.2) is 16.4 Å². The van der Waals surface area contributed by atoms with Crippen LogP contribution in [0.15, 0.2) is 18.2 Å². The number of carbonyl (C=O) groups is 1. The molecule has 1 aromatic carbocycles. The third-order valence-corrected chi connectivity index (χ3v) is 2.39. The van der Waals surface area contributed by atoms with Crippen LogP contribution < -0.4 is 0 Å². The van der Waals surface area contributed by atoms with Gasteiger partial charge in [-0.15, -0.1) is 0 Å². The summed E-state index contributed by atoms with van der Waals surface area (Å²) in [7, 11) is 0. The Kier molecular flexibility index (Phi) is 4.67. The molecule has 0 amide bonds. The number of aromatic carboxylic acids is 1. The molecule has 0 atom stereocenters. The van der Waals surface area contributed by atoms with Gasteiger partial charge in [0.1, 0.15) is 0 Å². The highest BCUT2D eigenvalue weighted by atomic mass is 79.9. The number of carboxylic acids is 1. The zero-order valence-electron chi connectivity index (χ0n) is 7.76. The van der Waals surface area contributed by atoms with Gasteiger partial charge in [0.15, 0.2) is 0 Å². The van der Waals surface area contributed by atoms with Crippen LogP contribution in [0.1, 0.15) is 22.3 Å². The molecule has 0 spiro atoms. The normalized spacial score (nSPS) is 9.20. The molecule has 0 heterocycles.